The molecule has 0 atom stereocenters. The maximum atomic E-state index is 14.5. The molecule has 0 bridgehead atoms. The van der Waals surface area contributed by atoms with Crippen LogP contribution in [0.15, 0.2) is 84.1 Å². The molecule has 12 heteroatoms. The van der Waals surface area contributed by atoms with Gasteiger partial charge in [-0.1, -0.05) is 53.5 Å². The van der Waals surface area contributed by atoms with Gasteiger partial charge in [-0.15, -0.1) is 0 Å². The fourth-order valence-corrected chi connectivity index (χ4v) is 4.45. The van der Waals surface area contributed by atoms with Crippen molar-refractivity contribution in [3.63, 3.8) is 0 Å². The minimum absolute atomic E-state index is 0.0208. The van der Waals surface area contributed by atoms with Crippen LogP contribution in [0.4, 0.5) is 26.3 Å². The molecule has 0 radical (unpaired) electrons. The number of hydrogen-bond acceptors (Lipinski definition) is 4. The molecular formula is C29H18Cl2F6N2O2. The summed E-state index contributed by atoms with van der Waals surface area (Å²) in [6.45, 7) is 2.01. The fourth-order valence-electron chi connectivity index (χ4n) is 4.03. The van der Waals surface area contributed by atoms with E-state index in [1.54, 1.807) is 0 Å². The van der Waals surface area contributed by atoms with Crippen LogP contribution in [0.3, 0.4) is 0 Å². The highest BCUT2D eigenvalue weighted by atomic mass is 35.5. The van der Waals surface area contributed by atoms with E-state index in [0.717, 1.165) is 18.2 Å². The Morgan fingerprint density at radius 3 is 1.71 bits per heavy atom. The van der Waals surface area contributed by atoms with E-state index in [9.17, 15) is 36.9 Å². The van der Waals surface area contributed by atoms with Crippen LogP contribution in [-0.4, -0.2) is 12.4 Å². The Balaban J connectivity index is 2.06. The zero-order valence-corrected chi connectivity index (χ0v) is 22.7. The number of rotatable bonds is 7. The molecule has 0 N–H and O–H groups in total. The number of halogens is 8. The molecule has 0 aliphatic rings. The third-order valence-electron chi connectivity index (χ3n) is 5.97. The highest BCUT2D eigenvalue weighted by molar-refractivity contribution is 6.32. The molecule has 0 saturated heterocycles. The molecule has 0 saturated carbocycles. The van der Waals surface area contributed by atoms with E-state index in [2.05, 4.69) is 0 Å². The Morgan fingerprint density at radius 1 is 0.732 bits per heavy atom. The lowest BCUT2D eigenvalue weighted by molar-refractivity contribution is -0.289. The predicted octanol–water partition coefficient (Wildman–Crippen LogP) is 9.82. The lowest BCUT2D eigenvalue weighted by Gasteiger charge is -2.38. The molecule has 3 aromatic rings. The topological polar surface area (TPSA) is 66.0 Å². The molecule has 0 aliphatic heterocycles. The molecule has 4 nitrogen and oxygen atoms in total. The van der Waals surface area contributed by atoms with Crippen molar-refractivity contribution in [1.82, 2.24) is 0 Å². The smallest absolute Gasteiger partial charge is 0.410 e. The SMILES string of the molecule is C/C(=C\C=C(/C)C(c1ccc(Oc2cccc(Cl)c2C#N)cc1)(C(F)(F)F)C(F)(F)F)Oc1cccc(Cl)c1C#N. The highest BCUT2D eigenvalue weighted by Crippen LogP contribution is 2.56. The second-order valence-electron chi connectivity index (χ2n) is 8.55. The zero-order chi connectivity index (χ0) is 30.6. The molecule has 0 amide bonds. The van der Waals surface area contributed by atoms with Crippen LogP contribution in [0.5, 0.6) is 17.2 Å². The van der Waals surface area contributed by atoms with Crippen LogP contribution >= 0.6 is 23.2 Å². The van der Waals surface area contributed by atoms with Crippen molar-refractivity contribution >= 4 is 23.2 Å². The maximum absolute atomic E-state index is 14.5. The van der Waals surface area contributed by atoms with Crippen molar-refractivity contribution in [2.45, 2.75) is 31.6 Å². The first-order valence-corrected chi connectivity index (χ1v) is 12.3. The lowest BCUT2D eigenvalue weighted by atomic mass is 9.72. The molecule has 3 rings (SSSR count). The number of ether oxygens (including phenoxy) is 2. The first kappa shape index (κ1) is 31.4. The minimum Gasteiger partial charge on any atom is -0.461 e. The second kappa shape index (κ2) is 12.2. The van der Waals surface area contributed by atoms with Crippen LogP contribution in [0, 0.1) is 22.7 Å². The van der Waals surface area contributed by atoms with Crippen molar-refractivity contribution in [1.29, 1.82) is 10.5 Å². The van der Waals surface area contributed by atoms with Gasteiger partial charge < -0.3 is 9.47 Å². The van der Waals surface area contributed by atoms with Crippen molar-refractivity contribution in [3.05, 3.63) is 111 Å². The van der Waals surface area contributed by atoms with E-state index in [1.807, 2.05) is 12.1 Å². The molecule has 0 fully saturated rings. The normalized spacial score (nSPS) is 12.9. The van der Waals surface area contributed by atoms with Gasteiger partial charge in [-0.05, 0) is 67.5 Å². The Morgan fingerprint density at radius 2 is 1.22 bits per heavy atom. The molecular weight excluding hydrogens is 593 g/mol. The molecule has 41 heavy (non-hydrogen) atoms. The predicted molar refractivity (Wildman–Crippen MR) is 141 cm³/mol. The number of nitrogens with zero attached hydrogens (tertiary/aromatic N) is 2. The third-order valence-corrected chi connectivity index (χ3v) is 6.60. The van der Waals surface area contributed by atoms with Gasteiger partial charge in [-0.25, -0.2) is 0 Å². The number of nitriles is 2. The molecule has 0 unspecified atom stereocenters. The zero-order valence-electron chi connectivity index (χ0n) is 21.2. The maximum Gasteiger partial charge on any atom is 0.410 e. The summed E-state index contributed by atoms with van der Waals surface area (Å²) in [5.74, 6) is -0.263. The molecule has 0 heterocycles. The first-order chi connectivity index (χ1) is 19.2. The Labute approximate surface area is 241 Å². The standard InChI is InChI=1S/C29H18Cl2F6N2O2/c1-17(9-10-18(2)40-25-7-3-5-23(30)21(25)15-38)27(28(32,33)34,29(35,36)37)19-11-13-20(14-12-19)41-26-8-4-6-24(31)22(26)16-39/h3-14H,1-2H3/b17-9+,18-10+. The van der Waals surface area contributed by atoms with Gasteiger partial charge in [0.25, 0.3) is 0 Å². The van der Waals surface area contributed by atoms with E-state index < -0.39 is 28.9 Å². The van der Waals surface area contributed by atoms with Gasteiger partial charge in [0.05, 0.1) is 10.0 Å². The molecule has 3 aromatic carbocycles. The number of allylic oxidation sites excluding steroid dienone is 4. The molecule has 212 valence electrons. The quantitative estimate of drug-likeness (QED) is 0.152. The first-order valence-electron chi connectivity index (χ1n) is 11.5. The van der Waals surface area contributed by atoms with E-state index >= 15 is 0 Å². The van der Waals surface area contributed by atoms with E-state index in [-0.39, 0.29) is 44.2 Å². The van der Waals surface area contributed by atoms with Crippen molar-refractivity contribution in [2.75, 3.05) is 0 Å². The average molecular weight is 611 g/mol. The summed E-state index contributed by atoms with van der Waals surface area (Å²) < 4.78 is 97.8. The average Bonchev–Trinajstić information content (AvgIpc) is 2.87. The van der Waals surface area contributed by atoms with Crippen LogP contribution < -0.4 is 9.47 Å². The summed E-state index contributed by atoms with van der Waals surface area (Å²) in [5.41, 5.74) is -6.71. The number of hydrogen-bond donors (Lipinski definition) is 0. The minimum atomic E-state index is -5.81. The van der Waals surface area contributed by atoms with Gasteiger partial charge in [-0.2, -0.15) is 36.9 Å². The summed E-state index contributed by atoms with van der Waals surface area (Å²) in [4.78, 5) is 0. The molecule has 0 aliphatic carbocycles. The summed E-state index contributed by atoms with van der Waals surface area (Å²) in [7, 11) is 0. The van der Waals surface area contributed by atoms with Crippen LogP contribution in [-0.2, 0) is 5.41 Å². The van der Waals surface area contributed by atoms with Gasteiger partial charge in [0, 0.05) is 0 Å². The van der Waals surface area contributed by atoms with Gasteiger partial charge in [-0.3, -0.25) is 0 Å². The summed E-state index contributed by atoms with van der Waals surface area (Å²) in [6.07, 6.45) is -10.0. The lowest BCUT2D eigenvalue weighted by Crippen LogP contribution is -2.54. The van der Waals surface area contributed by atoms with Crippen molar-refractivity contribution in [2.24, 2.45) is 0 Å². The highest BCUT2D eigenvalue weighted by Gasteiger charge is 2.72. The van der Waals surface area contributed by atoms with E-state index in [1.165, 1.54) is 43.3 Å². The second-order valence-corrected chi connectivity index (χ2v) is 9.36. The summed E-state index contributed by atoms with van der Waals surface area (Å²) >= 11 is 11.9. The van der Waals surface area contributed by atoms with Crippen molar-refractivity contribution < 1.29 is 35.8 Å². The van der Waals surface area contributed by atoms with Crippen LogP contribution in [0.2, 0.25) is 10.0 Å². The Hall–Kier alpha value is -4.12. The largest absolute Gasteiger partial charge is 0.461 e. The summed E-state index contributed by atoms with van der Waals surface area (Å²) in [5, 5.41) is 18.6. The van der Waals surface area contributed by atoms with Crippen LogP contribution in [0.25, 0.3) is 0 Å². The Bertz CT molecular complexity index is 1570. The van der Waals surface area contributed by atoms with Crippen molar-refractivity contribution in [3.8, 4) is 29.4 Å². The number of alkyl halides is 6. The van der Waals surface area contributed by atoms with Gasteiger partial charge in [0.15, 0.2) is 0 Å². The van der Waals surface area contributed by atoms with Gasteiger partial charge in [0.2, 0.25) is 5.41 Å². The van der Waals surface area contributed by atoms with Crippen LogP contribution in [0.1, 0.15) is 30.5 Å². The van der Waals surface area contributed by atoms with E-state index in [0.29, 0.717) is 25.1 Å². The summed E-state index contributed by atoms with van der Waals surface area (Å²) in [6, 6.07) is 15.3. The monoisotopic (exact) mass is 610 g/mol. The Kier molecular flexibility index (Phi) is 9.33. The van der Waals surface area contributed by atoms with Gasteiger partial charge in [0.1, 0.15) is 46.3 Å². The molecule has 0 aromatic heterocycles. The third kappa shape index (κ3) is 6.30. The molecule has 0 spiro atoms. The fraction of sp³-hybridized carbons (Fsp3) is 0.172. The van der Waals surface area contributed by atoms with E-state index in [4.69, 9.17) is 32.7 Å². The number of benzene rings is 3. The van der Waals surface area contributed by atoms with Gasteiger partial charge >= 0.3 is 12.4 Å².